The van der Waals surface area contributed by atoms with Gasteiger partial charge in [0.2, 0.25) is 0 Å². The Bertz CT molecular complexity index is 455. The summed E-state index contributed by atoms with van der Waals surface area (Å²) in [6.45, 7) is 2.50. The van der Waals surface area contributed by atoms with Crippen LogP contribution in [0.15, 0.2) is 12.4 Å². The van der Waals surface area contributed by atoms with Crippen molar-refractivity contribution in [3.05, 3.63) is 18.2 Å². The van der Waals surface area contributed by atoms with Crippen molar-refractivity contribution in [3.63, 3.8) is 0 Å². The van der Waals surface area contributed by atoms with E-state index in [9.17, 15) is 0 Å². The van der Waals surface area contributed by atoms with Crippen molar-refractivity contribution in [1.82, 2.24) is 4.57 Å². The Balaban J connectivity index is 3.52. The molecule has 0 aliphatic heterocycles. The monoisotopic (exact) mass is 200 g/mol. The maximum Gasteiger partial charge on any atom is 0.326 e. The molecule has 0 unspecified atom stereocenters. The molecule has 1 aromatic heterocycles. The number of hydrogen-bond acceptors (Lipinski definition) is 3. The normalized spacial score (nSPS) is 10.1. The maximum atomic E-state index is 8.97. The lowest BCUT2D eigenvalue weighted by Crippen LogP contribution is -2.41. The number of imidazole rings is 1. The quantitative estimate of drug-likeness (QED) is 0.637. The predicted octanol–water partition coefficient (Wildman–Crippen LogP) is 0.141. The number of aryl methyl sites for hydroxylation is 2. The van der Waals surface area contributed by atoms with Crippen LogP contribution in [0, 0.1) is 34.0 Å². The first kappa shape index (κ1) is 10.8. The lowest BCUT2D eigenvalue weighted by Gasteiger charge is -2.06. The standard InChI is InChI=1S/C10H10N5/c1-3-15-5-4-14(2)9(15)10(6-11,7-12)8-13/h4-5H,3H2,1-2H3/q+1. The number of aromatic nitrogens is 2. The van der Waals surface area contributed by atoms with Gasteiger partial charge in [-0.25, -0.2) is 9.13 Å². The Labute approximate surface area is 88.0 Å². The molecule has 5 heteroatoms. The second kappa shape index (κ2) is 3.82. The van der Waals surface area contributed by atoms with Gasteiger partial charge in [0, 0.05) is 0 Å². The first-order chi connectivity index (χ1) is 7.15. The molecule has 1 aromatic rings. The minimum Gasteiger partial charge on any atom is -0.234 e. The number of hydrogen-bond donors (Lipinski definition) is 0. The lowest BCUT2D eigenvalue weighted by molar-refractivity contribution is -0.680. The van der Waals surface area contributed by atoms with E-state index < -0.39 is 5.41 Å². The smallest absolute Gasteiger partial charge is 0.234 e. The first-order valence-corrected chi connectivity index (χ1v) is 4.44. The molecule has 0 spiro atoms. The van der Waals surface area contributed by atoms with Crippen molar-refractivity contribution in [1.29, 1.82) is 15.8 Å². The van der Waals surface area contributed by atoms with Crippen LogP contribution in [0.4, 0.5) is 0 Å². The van der Waals surface area contributed by atoms with E-state index in [1.165, 1.54) is 0 Å². The van der Waals surface area contributed by atoms with Gasteiger partial charge in [-0.15, -0.1) is 0 Å². The lowest BCUT2D eigenvalue weighted by atomic mass is 9.92. The Kier molecular flexibility index (Phi) is 2.74. The van der Waals surface area contributed by atoms with E-state index in [1.54, 1.807) is 46.8 Å². The highest BCUT2D eigenvalue weighted by molar-refractivity contribution is 5.40. The van der Waals surface area contributed by atoms with Gasteiger partial charge in [0.25, 0.3) is 0 Å². The van der Waals surface area contributed by atoms with E-state index in [-0.39, 0.29) is 0 Å². The van der Waals surface area contributed by atoms with Crippen LogP contribution in [-0.4, -0.2) is 4.57 Å². The predicted molar refractivity (Wildman–Crippen MR) is 49.8 cm³/mol. The van der Waals surface area contributed by atoms with Crippen LogP contribution in [0.1, 0.15) is 12.7 Å². The molecule has 0 fully saturated rings. The van der Waals surface area contributed by atoms with Crippen LogP contribution in [0.25, 0.3) is 0 Å². The molecule has 0 amide bonds. The van der Waals surface area contributed by atoms with Gasteiger partial charge in [-0.3, -0.25) is 0 Å². The highest BCUT2D eigenvalue weighted by Crippen LogP contribution is 2.18. The van der Waals surface area contributed by atoms with Crippen molar-refractivity contribution in [2.45, 2.75) is 18.9 Å². The molecule has 0 radical (unpaired) electrons. The first-order valence-electron chi connectivity index (χ1n) is 4.44. The summed E-state index contributed by atoms with van der Waals surface area (Å²) in [4.78, 5) is 0. The number of nitriles is 3. The highest BCUT2D eigenvalue weighted by atomic mass is 15.1. The van der Waals surface area contributed by atoms with Crippen LogP contribution in [0.5, 0.6) is 0 Å². The third-order valence-corrected chi connectivity index (χ3v) is 2.26. The molecule has 15 heavy (non-hydrogen) atoms. The molecule has 0 atom stereocenters. The molecule has 0 aromatic carbocycles. The second-order valence-corrected chi connectivity index (χ2v) is 3.10. The summed E-state index contributed by atoms with van der Waals surface area (Å²) in [5, 5.41) is 26.9. The summed E-state index contributed by atoms with van der Waals surface area (Å²) in [5.74, 6) is 0.400. The van der Waals surface area contributed by atoms with E-state index in [0.717, 1.165) is 0 Å². The van der Waals surface area contributed by atoms with Crippen molar-refractivity contribution in [2.24, 2.45) is 7.05 Å². The van der Waals surface area contributed by atoms with E-state index in [1.807, 2.05) is 6.92 Å². The largest absolute Gasteiger partial charge is 0.326 e. The second-order valence-electron chi connectivity index (χ2n) is 3.10. The van der Waals surface area contributed by atoms with Gasteiger partial charge in [0.05, 0.1) is 13.6 Å². The average molecular weight is 200 g/mol. The fourth-order valence-corrected chi connectivity index (χ4v) is 1.48. The fourth-order valence-electron chi connectivity index (χ4n) is 1.48. The van der Waals surface area contributed by atoms with Gasteiger partial charge in [-0.1, -0.05) is 0 Å². The van der Waals surface area contributed by atoms with Crippen LogP contribution in [-0.2, 0) is 19.0 Å². The van der Waals surface area contributed by atoms with E-state index in [0.29, 0.717) is 12.4 Å². The van der Waals surface area contributed by atoms with Crippen LogP contribution < -0.4 is 4.57 Å². The van der Waals surface area contributed by atoms with Gasteiger partial charge in [-0.05, 0) is 6.92 Å². The summed E-state index contributed by atoms with van der Waals surface area (Å²) >= 11 is 0. The Morgan fingerprint density at radius 1 is 1.33 bits per heavy atom. The van der Waals surface area contributed by atoms with Crippen LogP contribution >= 0.6 is 0 Å². The maximum absolute atomic E-state index is 8.97. The molecular weight excluding hydrogens is 190 g/mol. The Morgan fingerprint density at radius 3 is 2.27 bits per heavy atom. The third-order valence-electron chi connectivity index (χ3n) is 2.26. The number of nitrogens with zero attached hydrogens (tertiary/aromatic N) is 5. The van der Waals surface area contributed by atoms with Crippen molar-refractivity contribution in [3.8, 4) is 18.2 Å². The molecule has 74 valence electrons. The average Bonchev–Trinajstić information content (AvgIpc) is 2.65. The summed E-state index contributed by atoms with van der Waals surface area (Å²) < 4.78 is 3.34. The molecule has 0 saturated heterocycles. The molecule has 0 aliphatic rings. The summed E-state index contributed by atoms with van der Waals surface area (Å²) in [6, 6.07) is 5.31. The van der Waals surface area contributed by atoms with Gasteiger partial charge < -0.3 is 0 Å². The molecule has 0 N–H and O–H groups in total. The van der Waals surface area contributed by atoms with E-state index >= 15 is 0 Å². The molecule has 5 nitrogen and oxygen atoms in total. The topological polar surface area (TPSA) is 80.2 Å². The van der Waals surface area contributed by atoms with E-state index in [4.69, 9.17) is 15.8 Å². The summed E-state index contributed by atoms with van der Waals surface area (Å²) in [5.41, 5.74) is -1.73. The van der Waals surface area contributed by atoms with Crippen LogP contribution in [0.3, 0.4) is 0 Å². The summed E-state index contributed by atoms with van der Waals surface area (Å²) in [6.07, 6.45) is 3.47. The van der Waals surface area contributed by atoms with Crippen molar-refractivity contribution in [2.75, 3.05) is 0 Å². The zero-order valence-electron chi connectivity index (χ0n) is 8.60. The van der Waals surface area contributed by atoms with Gasteiger partial charge in [0.1, 0.15) is 30.6 Å². The highest BCUT2D eigenvalue weighted by Gasteiger charge is 2.44. The molecule has 0 saturated carbocycles. The molecule has 0 bridgehead atoms. The third kappa shape index (κ3) is 1.43. The zero-order valence-corrected chi connectivity index (χ0v) is 8.60. The molecule has 0 aliphatic carbocycles. The van der Waals surface area contributed by atoms with E-state index in [2.05, 4.69) is 0 Å². The minimum absolute atomic E-state index is 0.400. The zero-order chi connectivity index (χ0) is 11.5. The molecule has 1 heterocycles. The molecule has 1 rings (SSSR count). The molecular formula is C10H10N5+. The van der Waals surface area contributed by atoms with Gasteiger partial charge >= 0.3 is 11.2 Å². The van der Waals surface area contributed by atoms with Gasteiger partial charge in [0.15, 0.2) is 0 Å². The minimum atomic E-state index is -1.73. The van der Waals surface area contributed by atoms with Crippen LogP contribution in [0.2, 0.25) is 0 Å². The fraction of sp³-hybridized carbons (Fsp3) is 0.400. The number of rotatable bonds is 2. The van der Waals surface area contributed by atoms with Gasteiger partial charge in [-0.2, -0.15) is 15.8 Å². The Morgan fingerprint density at radius 2 is 1.87 bits per heavy atom. The van der Waals surface area contributed by atoms with Crippen molar-refractivity contribution < 1.29 is 4.57 Å². The Hall–Kier alpha value is -2.32. The van der Waals surface area contributed by atoms with Crippen molar-refractivity contribution >= 4 is 0 Å². The summed E-state index contributed by atoms with van der Waals surface area (Å²) in [7, 11) is 1.71. The SMILES string of the molecule is CCn1cc[n+](C)c1C(C#N)(C#N)C#N.